The molecule has 0 aliphatic carbocycles. The van der Waals surface area contributed by atoms with Crippen molar-refractivity contribution in [2.24, 2.45) is 5.92 Å². The number of nitrogens with zero attached hydrogens (tertiary/aromatic N) is 3. The Bertz CT molecular complexity index is 862. The molecule has 1 amide bonds. The summed E-state index contributed by atoms with van der Waals surface area (Å²) >= 11 is 0. The molecule has 3 aromatic heterocycles. The van der Waals surface area contributed by atoms with Gasteiger partial charge in [0.25, 0.3) is 5.91 Å². The van der Waals surface area contributed by atoms with Gasteiger partial charge in [0.05, 0.1) is 6.10 Å². The molecule has 6 heteroatoms. The molecule has 6 nitrogen and oxygen atoms in total. The number of carbonyl (C=O) groups is 1. The van der Waals surface area contributed by atoms with Gasteiger partial charge in [0, 0.05) is 43.0 Å². The molecular formula is C18H18N4O2. The van der Waals surface area contributed by atoms with E-state index >= 15 is 0 Å². The fraction of sp³-hybridized carbons (Fsp3) is 0.278. The third kappa shape index (κ3) is 2.76. The summed E-state index contributed by atoms with van der Waals surface area (Å²) in [7, 11) is 0. The molecule has 1 aliphatic rings. The lowest BCUT2D eigenvalue weighted by Crippen LogP contribution is -2.30. The van der Waals surface area contributed by atoms with E-state index in [1.54, 1.807) is 29.6 Å². The fourth-order valence-electron chi connectivity index (χ4n) is 3.25. The summed E-state index contributed by atoms with van der Waals surface area (Å²) in [5, 5.41) is 11.3. The molecule has 3 aromatic rings. The Labute approximate surface area is 139 Å². The van der Waals surface area contributed by atoms with Gasteiger partial charge in [-0.2, -0.15) is 0 Å². The molecule has 0 unspecified atom stereocenters. The van der Waals surface area contributed by atoms with Crippen LogP contribution < -0.4 is 0 Å². The summed E-state index contributed by atoms with van der Waals surface area (Å²) in [6, 6.07) is 9.42. The van der Waals surface area contributed by atoms with Crippen LogP contribution in [0.25, 0.3) is 11.0 Å². The van der Waals surface area contributed by atoms with E-state index < -0.39 is 6.10 Å². The van der Waals surface area contributed by atoms with Gasteiger partial charge in [0.1, 0.15) is 11.3 Å². The predicted octanol–water partition coefficient (Wildman–Crippen LogP) is 1.63. The number of pyridine rings is 2. The van der Waals surface area contributed by atoms with Gasteiger partial charge in [-0.3, -0.25) is 9.78 Å². The minimum Gasteiger partial charge on any atom is -0.391 e. The van der Waals surface area contributed by atoms with Gasteiger partial charge in [-0.05, 0) is 42.3 Å². The lowest BCUT2D eigenvalue weighted by Gasteiger charge is -2.15. The molecule has 24 heavy (non-hydrogen) atoms. The molecule has 1 aliphatic heterocycles. The molecule has 2 N–H and O–H groups in total. The Morgan fingerprint density at radius 3 is 2.88 bits per heavy atom. The average Bonchev–Trinajstić information content (AvgIpc) is 3.21. The minimum atomic E-state index is -0.517. The van der Waals surface area contributed by atoms with Gasteiger partial charge in [-0.1, -0.05) is 0 Å². The number of hydrogen-bond acceptors (Lipinski definition) is 4. The van der Waals surface area contributed by atoms with Gasteiger partial charge >= 0.3 is 0 Å². The number of aromatic amines is 1. The van der Waals surface area contributed by atoms with Crippen LogP contribution >= 0.6 is 0 Å². The number of aliphatic hydroxyl groups excluding tert-OH is 1. The number of carbonyl (C=O) groups excluding carboxylic acids is 1. The second-order valence-corrected chi connectivity index (χ2v) is 6.21. The molecule has 1 fully saturated rings. The van der Waals surface area contributed by atoms with E-state index in [1.807, 2.05) is 24.3 Å². The van der Waals surface area contributed by atoms with Crippen LogP contribution in [-0.4, -0.2) is 50.1 Å². The Morgan fingerprint density at radius 1 is 1.21 bits per heavy atom. The summed E-state index contributed by atoms with van der Waals surface area (Å²) in [5.41, 5.74) is 2.23. The third-order valence-electron chi connectivity index (χ3n) is 4.57. The standard InChI is InChI=1S/C18H18N4O2/c23-16-11-22(10-14(16)9-12-3-6-19-7-4-12)18(24)15-2-1-13-5-8-20-17(13)21-15/h1-8,14,16,23H,9-11H2,(H,20,21)/t14-,16+/m1/s1. The maximum atomic E-state index is 12.7. The molecule has 4 heterocycles. The molecule has 4 rings (SSSR count). The number of nitrogens with one attached hydrogen (secondary N) is 1. The number of aromatic nitrogens is 3. The first-order valence-electron chi connectivity index (χ1n) is 8.01. The molecule has 2 atom stereocenters. The quantitative estimate of drug-likeness (QED) is 0.768. The summed E-state index contributed by atoms with van der Waals surface area (Å²) < 4.78 is 0. The van der Waals surface area contributed by atoms with Crippen LogP contribution in [-0.2, 0) is 6.42 Å². The van der Waals surface area contributed by atoms with Crippen LogP contribution in [0.15, 0.2) is 48.9 Å². The van der Waals surface area contributed by atoms with E-state index in [4.69, 9.17) is 0 Å². The molecule has 0 bridgehead atoms. The van der Waals surface area contributed by atoms with Crippen LogP contribution in [0.1, 0.15) is 16.1 Å². The number of amides is 1. The van der Waals surface area contributed by atoms with Crippen LogP contribution in [0, 0.1) is 5.92 Å². The van der Waals surface area contributed by atoms with Gasteiger partial charge in [0.2, 0.25) is 0 Å². The SMILES string of the molecule is O=C(c1ccc2cc[nH]c2n1)N1C[C@@H](Cc2ccncc2)[C@@H](O)C1. The fourth-order valence-corrected chi connectivity index (χ4v) is 3.25. The predicted molar refractivity (Wildman–Crippen MR) is 89.4 cm³/mol. The van der Waals surface area contributed by atoms with E-state index in [0.717, 1.165) is 17.4 Å². The van der Waals surface area contributed by atoms with E-state index in [1.165, 1.54) is 0 Å². The first-order valence-corrected chi connectivity index (χ1v) is 8.01. The molecule has 122 valence electrons. The summed E-state index contributed by atoms with van der Waals surface area (Å²) in [6.07, 6.45) is 5.51. The van der Waals surface area contributed by atoms with Crippen LogP contribution in [0.3, 0.4) is 0 Å². The monoisotopic (exact) mass is 322 g/mol. The summed E-state index contributed by atoms with van der Waals surface area (Å²) in [5.74, 6) is -0.103. The van der Waals surface area contributed by atoms with E-state index in [0.29, 0.717) is 24.4 Å². The lowest BCUT2D eigenvalue weighted by molar-refractivity contribution is 0.0759. The summed E-state index contributed by atoms with van der Waals surface area (Å²) in [4.78, 5) is 25.8. The zero-order valence-electron chi connectivity index (χ0n) is 13.1. The van der Waals surface area contributed by atoms with Crippen molar-refractivity contribution in [3.63, 3.8) is 0 Å². The van der Waals surface area contributed by atoms with E-state index in [2.05, 4.69) is 15.0 Å². The van der Waals surface area contributed by atoms with Crippen LogP contribution in [0.4, 0.5) is 0 Å². The highest BCUT2D eigenvalue weighted by Crippen LogP contribution is 2.23. The maximum absolute atomic E-state index is 12.7. The third-order valence-corrected chi connectivity index (χ3v) is 4.57. The van der Waals surface area contributed by atoms with E-state index in [-0.39, 0.29) is 11.8 Å². The van der Waals surface area contributed by atoms with Crippen molar-refractivity contribution >= 4 is 16.9 Å². The number of H-pyrrole nitrogens is 1. The van der Waals surface area contributed by atoms with Gasteiger partial charge < -0.3 is 15.0 Å². The normalized spacial score (nSPS) is 20.6. The van der Waals surface area contributed by atoms with Crippen molar-refractivity contribution < 1.29 is 9.90 Å². The van der Waals surface area contributed by atoms with Crippen molar-refractivity contribution in [3.8, 4) is 0 Å². The zero-order valence-corrected chi connectivity index (χ0v) is 13.1. The second kappa shape index (κ2) is 6.05. The first kappa shape index (κ1) is 14.8. The Balaban J connectivity index is 1.49. The van der Waals surface area contributed by atoms with Crippen molar-refractivity contribution in [3.05, 3.63) is 60.2 Å². The van der Waals surface area contributed by atoms with Crippen LogP contribution in [0.5, 0.6) is 0 Å². The van der Waals surface area contributed by atoms with Crippen molar-refractivity contribution in [2.45, 2.75) is 12.5 Å². The lowest BCUT2D eigenvalue weighted by atomic mass is 9.97. The zero-order chi connectivity index (χ0) is 16.5. The highest BCUT2D eigenvalue weighted by atomic mass is 16.3. The first-order chi connectivity index (χ1) is 11.7. The largest absolute Gasteiger partial charge is 0.391 e. The number of aliphatic hydroxyl groups is 1. The average molecular weight is 322 g/mol. The molecule has 0 saturated carbocycles. The number of hydrogen-bond donors (Lipinski definition) is 2. The molecule has 0 spiro atoms. The number of fused-ring (bicyclic) bond motifs is 1. The highest BCUT2D eigenvalue weighted by molar-refractivity contribution is 5.94. The minimum absolute atomic E-state index is 0.0329. The van der Waals surface area contributed by atoms with Crippen LogP contribution in [0.2, 0.25) is 0 Å². The number of β-amino-alcohol motifs (C(OH)–C–C–N with tert-alkyl or cyclic N) is 1. The molecule has 0 radical (unpaired) electrons. The van der Waals surface area contributed by atoms with Crippen molar-refractivity contribution in [1.82, 2.24) is 19.9 Å². The Hall–Kier alpha value is -2.73. The van der Waals surface area contributed by atoms with Crippen molar-refractivity contribution in [1.29, 1.82) is 0 Å². The number of rotatable bonds is 3. The second-order valence-electron chi connectivity index (χ2n) is 6.21. The van der Waals surface area contributed by atoms with Crippen molar-refractivity contribution in [2.75, 3.05) is 13.1 Å². The molecule has 0 aromatic carbocycles. The molecular weight excluding hydrogens is 304 g/mol. The van der Waals surface area contributed by atoms with Gasteiger partial charge in [0.15, 0.2) is 0 Å². The smallest absolute Gasteiger partial charge is 0.272 e. The van der Waals surface area contributed by atoms with E-state index in [9.17, 15) is 9.90 Å². The molecule has 1 saturated heterocycles. The van der Waals surface area contributed by atoms with Gasteiger partial charge in [-0.25, -0.2) is 4.98 Å². The Kier molecular flexibility index (Phi) is 3.74. The Morgan fingerprint density at radius 2 is 2.04 bits per heavy atom. The van der Waals surface area contributed by atoms with Gasteiger partial charge in [-0.15, -0.1) is 0 Å². The highest BCUT2D eigenvalue weighted by Gasteiger charge is 2.34. The summed E-state index contributed by atoms with van der Waals surface area (Å²) in [6.45, 7) is 0.881. The number of likely N-dealkylation sites (tertiary alicyclic amines) is 1. The topological polar surface area (TPSA) is 82.1 Å². The maximum Gasteiger partial charge on any atom is 0.272 e.